The highest BCUT2D eigenvalue weighted by molar-refractivity contribution is 9.10. The van der Waals surface area contributed by atoms with E-state index in [4.69, 9.17) is 5.73 Å². The number of nitrogens with zero attached hydrogens (tertiary/aromatic N) is 1. The second kappa shape index (κ2) is 4.53. The van der Waals surface area contributed by atoms with Gasteiger partial charge in [0.05, 0.1) is 6.54 Å². The smallest absolute Gasteiger partial charge is 0.250 e. The van der Waals surface area contributed by atoms with Gasteiger partial charge in [0.2, 0.25) is 0 Å². The number of nitrogens with two attached hydrogens (primary N) is 1. The minimum atomic E-state index is -0.0510. The molecule has 2 rings (SSSR count). The average Bonchev–Trinajstić information content (AvgIpc) is 2.27. The topological polar surface area (TPSA) is 48.0 Å². The summed E-state index contributed by atoms with van der Waals surface area (Å²) in [7, 11) is 0. The second-order valence-electron chi connectivity index (χ2n) is 3.52. The lowest BCUT2D eigenvalue weighted by Crippen LogP contribution is -2.19. The van der Waals surface area contributed by atoms with Crippen molar-refractivity contribution in [3.63, 3.8) is 0 Å². The van der Waals surface area contributed by atoms with Crippen molar-refractivity contribution >= 4 is 21.6 Å². The minimum Gasteiger partial charge on any atom is -0.398 e. The lowest BCUT2D eigenvalue weighted by atomic mass is 10.2. The zero-order valence-corrected chi connectivity index (χ0v) is 10.1. The molecule has 1 aromatic heterocycles. The van der Waals surface area contributed by atoms with Crippen LogP contribution in [0.5, 0.6) is 0 Å². The summed E-state index contributed by atoms with van der Waals surface area (Å²) in [6, 6.07) is 10.9. The number of aromatic nitrogens is 1. The van der Waals surface area contributed by atoms with Gasteiger partial charge in [-0.1, -0.05) is 34.1 Å². The van der Waals surface area contributed by atoms with Gasteiger partial charge in [-0.05, 0) is 17.7 Å². The number of rotatable bonds is 2. The molecule has 2 aromatic rings. The summed E-state index contributed by atoms with van der Waals surface area (Å²) in [4.78, 5) is 11.6. The lowest BCUT2D eigenvalue weighted by Gasteiger charge is -2.07. The predicted molar refractivity (Wildman–Crippen MR) is 68.4 cm³/mol. The Kier molecular flexibility index (Phi) is 3.10. The standard InChI is InChI=1S/C12H11BrN2O/c13-11-4-2-1-3-9(11)7-15-8-10(14)5-6-12(15)16/h1-6,8H,7,14H2. The molecule has 0 aliphatic carbocycles. The van der Waals surface area contributed by atoms with Crippen molar-refractivity contribution in [2.45, 2.75) is 6.54 Å². The molecule has 0 spiro atoms. The molecular formula is C12H11BrN2O. The number of nitrogen functional groups attached to an aromatic ring is 1. The van der Waals surface area contributed by atoms with E-state index in [1.54, 1.807) is 16.8 Å². The van der Waals surface area contributed by atoms with Gasteiger partial charge in [-0.15, -0.1) is 0 Å². The zero-order chi connectivity index (χ0) is 11.5. The maximum absolute atomic E-state index is 11.6. The number of hydrogen-bond donors (Lipinski definition) is 1. The minimum absolute atomic E-state index is 0.0510. The summed E-state index contributed by atoms with van der Waals surface area (Å²) >= 11 is 3.45. The van der Waals surface area contributed by atoms with Crippen LogP contribution in [0.4, 0.5) is 5.69 Å². The van der Waals surface area contributed by atoms with Crippen molar-refractivity contribution in [1.29, 1.82) is 0 Å². The molecule has 0 saturated heterocycles. The Labute approximate surface area is 102 Å². The third kappa shape index (κ3) is 2.33. The monoisotopic (exact) mass is 278 g/mol. The third-order valence-electron chi connectivity index (χ3n) is 2.30. The molecule has 0 radical (unpaired) electrons. The van der Waals surface area contributed by atoms with Crippen LogP contribution in [0.25, 0.3) is 0 Å². The van der Waals surface area contributed by atoms with E-state index >= 15 is 0 Å². The summed E-state index contributed by atoms with van der Waals surface area (Å²) in [5, 5.41) is 0. The number of anilines is 1. The Balaban J connectivity index is 2.38. The summed E-state index contributed by atoms with van der Waals surface area (Å²) in [6.45, 7) is 0.519. The van der Waals surface area contributed by atoms with E-state index < -0.39 is 0 Å². The molecule has 0 saturated carbocycles. The molecule has 0 unspecified atom stereocenters. The predicted octanol–water partition coefficient (Wildman–Crippen LogP) is 2.24. The SMILES string of the molecule is Nc1ccc(=O)n(Cc2ccccc2Br)c1. The molecule has 0 fully saturated rings. The van der Waals surface area contributed by atoms with E-state index in [-0.39, 0.29) is 5.56 Å². The van der Waals surface area contributed by atoms with Gasteiger partial charge >= 0.3 is 0 Å². The van der Waals surface area contributed by atoms with Crippen LogP contribution < -0.4 is 11.3 Å². The highest BCUT2D eigenvalue weighted by atomic mass is 79.9. The van der Waals surface area contributed by atoms with E-state index in [2.05, 4.69) is 15.9 Å². The van der Waals surface area contributed by atoms with E-state index in [0.29, 0.717) is 12.2 Å². The van der Waals surface area contributed by atoms with Crippen molar-refractivity contribution in [3.05, 3.63) is 63.0 Å². The first-order valence-electron chi connectivity index (χ1n) is 4.86. The molecule has 4 heteroatoms. The van der Waals surface area contributed by atoms with Gasteiger partial charge in [0.15, 0.2) is 0 Å². The van der Waals surface area contributed by atoms with Gasteiger partial charge in [-0.2, -0.15) is 0 Å². The fourth-order valence-electron chi connectivity index (χ4n) is 1.48. The summed E-state index contributed by atoms with van der Waals surface area (Å²) in [6.07, 6.45) is 1.65. The van der Waals surface area contributed by atoms with Crippen LogP contribution in [0.3, 0.4) is 0 Å². The summed E-state index contributed by atoms with van der Waals surface area (Å²) < 4.78 is 2.58. The summed E-state index contributed by atoms with van der Waals surface area (Å²) in [5.41, 5.74) is 7.24. The van der Waals surface area contributed by atoms with Gasteiger partial charge in [-0.25, -0.2) is 0 Å². The number of halogens is 1. The number of benzene rings is 1. The molecule has 0 atom stereocenters. The van der Waals surface area contributed by atoms with Gasteiger partial charge in [-0.3, -0.25) is 4.79 Å². The quantitative estimate of drug-likeness (QED) is 0.916. The molecule has 1 heterocycles. The third-order valence-corrected chi connectivity index (χ3v) is 3.08. The van der Waals surface area contributed by atoms with Crippen LogP contribution >= 0.6 is 15.9 Å². The van der Waals surface area contributed by atoms with Crippen molar-refractivity contribution in [2.24, 2.45) is 0 Å². The fraction of sp³-hybridized carbons (Fsp3) is 0.0833. The molecule has 0 amide bonds. The maximum atomic E-state index is 11.6. The van der Waals surface area contributed by atoms with Crippen LogP contribution in [0.15, 0.2) is 51.9 Å². The van der Waals surface area contributed by atoms with Crippen LogP contribution in [0, 0.1) is 0 Å². The first-order chi connectivity index (χ1) is 7.66. The van der Waals surface area contributed by atoms with Crippen molar-refractivity contribution in [3.8, 4) is 0 Å². The lowest BCUT2D eigenvalue weighted by molar-refractivity contribution is 0.759. The molecule has 3 nitrogen and oxygen atoms in total. The van der Waals surface area contributed by atoms with Crippen LogP contribution in [-0.4, -0.2) is 4.57 Å². The molecule has 0 bridgehead atoms. The normalized spacial score (nSPS) is 10.3. The Morgan fingerprint density at radius 3 is 2.69 bits per heavy atom. The Bertz CT molecular complexity index is 563. The zero-order valence-electron chi connectivity index (χ0n) is 8.56. The molecule has 0 aliphatic heterocycles. The molecule has 2 N–H and O–H groups in total. The van der Waals surface area contributed by atoms with E-state index in [1.807, 2.05) is 24.3 Å². The Morgan fingerprint density at radius 1 is 1.19 bits per heavy atom. The van der Waals surface area contributed by atoms with E-state index in [9.17, 15) is 4.79 Å². The van der Waals surface area contributed by atoms with Crippen LogP contribution in [-0.2, 0) is 6.54 Å². The first-order valence-corrected chi connectivity index (χ1v) is 5.65. The van der Waals surface area contributed by atoms with Crippen molar-refractivity contribution in [2.75, 3.05) is 5.73 Å². The Hall–Kier alpha value is -1.55. The molecule has 0 aliphatic rings. The van der Waals surface area contributed by atoms with E-state index in [0.717, 1.165) is 10.0 Å². The molecule has 16 heavy (non-hydrogen) atoms. The maximum Gasteiger partial charge on any atom is 0.250 e. The molecule has 82 valence electrons. The fourth-order valence-corrected chi connectivity index (χ4v) is 1.89. The van der Waals surface area contributed by atoms with Gasteiger partial charge in [0.1, 0.15) is 0 Å². The second-order valence-corrected chi connectivity index (χ2v) is 4.37. The van der Waals surface area contributed by atoms with Crippen LogP contribution in [0.2, 0.25) is 0 Å². The highest BCUT2D eigenvalue weighted by Gasteiger charge is 2.01. The van der Waals surface area contributed by atoms with Crippen molar-refractivity contribution in [1.82, 2.24) is 4.57 Å². The molecular weight excluding hydrogens is 268 g/mol. The number of hydrogen-bond acceptors (Lipinski definition) is 2. The van der Waals surface area contributed by atoms with Gasteiger partial charge in [0, 0.05) is 22.4 Å². The average molecular weight is 279 g/mol. The molecule has 1 aromatic carbocycles. The first kappa shape index (κ1) is 11.0. The van der Waals surface area contributed by atoms with Crippen molar-refractivity contribution < 1.29 is 0 Å². The number of pyridine rings is 1. The van der Waals surface area contributed by atoms with Gasteiger partial charge in [0.25, 0.3) is 5.56 Å². The Morgan fingerprint density at radius 2 is 1.94 bits per heavy atom. The highest BCUT2D eigenvalue weighted by Crippen LogP contribution is 2.16. The van der Waals surface area contributed by atoms with Crippen LogP contribution in [0.1, 0.15) is 5.56 Å². The van der Waals surface area contributed by atoms with E-state index in [1.165, 1.54) is 6.07 Å². The summed E-state index contributed by atoms with van der Waals surface area (Å²) in [5.74, 6) is 0. The van der Waals surface area contributed by atoms with Gasteiger partial charge < -0.3 is 10.3 Å². The largest absolute Gasteiger partial charge is 0.398 e.